The molecule has 2 aliphatic rings. The van der Waals surface area contributed by atoms with E-state index in [1.54, 1.807) is 18.2 Å². The minimum absolute atomic E-state index is 0.240. The fraction of sp³-hybridized carbons (Fsp3) is 0.355. The smallest absolute Gasteiger partial charge is 0.242 e. The summed E-state index contributed by atoms with van der Waals surface area (Å²) in [7, 11) is -0.458. The monoisotopic (exact) mass is 556 g/mol. The van der Waals surface area contributed by atoms with Crippen LogP contribution in [0.1, 0.15) is 36.8 Å². The predicted octanol–water partition coefficient (Wildman–Crippen LogP) is 5.71. The summed E-state index contributed by atoms with van der Waals surface area (Å²) in [6.07, 6.45) is 9.23. The molecular weight excluding hydrogens is 520 g/mol. The second-order valence-corrected chi connectivity index (χ2v) is 13.1. The summed E-state index contributed by atoms with van der Waals surface area (Å²) in [6.45, 7) is 2.52. The number of hydrogen-bond acceptors (Lipinski definition) is 7. The highest BCUT2D eigenvalue weighted by atomic mass is 32.2. The number of sulfonamides is 1. The maximum atomic E-state index is 12.5. The largest absolute Gasteiger partial charge is 0.355 e. The first-order valence-electron chi connectivity index (χ1n) is 14.0. The molecule has 1 saturated heterocycles. The molecule has 208 valence electrons. The van der Waals surface area contributed by atoms with Crippen LogP contribution in [0.25, 0.3) is 10.9 Å². The molecule has 1 fully saturated rings. The average Bonchev–Trinajstić information content (AvgIpc) is 3.40. The number of fused-ring (bicyclic) bond motifs is 2. The highest BCUT2D eigenvalue weighted by Gasteiger charge is 2.24. The van der Waals surface area contributed by atoms with Crippen molar-refractivity contribution < 1.29 is 8.42 Å². The first kappa shape index (κ1) is 26.7. The van der Waals surface area contributed by atoms with Gasteiger partial charge in [-0.05, 0) is 111 Å². The molecule has 0 saturated carbocycles. The van der Waals surface area contributed by atoms with Crippen LogP contribution in [0.4, 0.5) is 23.0 Å². The summed E-state index contributed by atoms with van der Waals surface area (Å²) in [6, 6.07) is 20.0. The Hall–Kier alpha value is -3.53. The van der Waals surface area contributed by atoms with E-state index in [4.69, 9.17) is 4.98 Å². The van der Waals surface area contributed by atoms with Crippen LogP contribution in [0.5, 0.6) is 0 Å². The number of likely N-dealkylation sites (tertiary alicyclic amines) is 1. The Balaban J connectivity index is 1.18. The predicted molar refractivity (Wildman–Crippen MR) is 161 cm³/mol. The Morgan fingerprint density at radius 1 is 0.850 bits per heavy atom. The summed E-state index contributed by atoms with van der Waals surface area (Å²) in [5.41, 5.74) is 6.19. The molecule has 0 amide bonds. The van der Waals surface area contributed by atoms with Crippen LogP contribution in [-0.4, -0.2) is 60.8 Å². The van der Waals surface area contributed by atoms with Gasteiger partial charge in [-0.1, -0.05) is 12.1 Å². The lowest BCUT2D eigenvalue weighted by Crippen LogP contribution is -2.32. The summed E-state index contributed by atoms with van der Waals surface area (Å²) >= 11 is 0. The van der Waals surface area contributed by atoms with E-state index in [2.05, 4.69) is 38.7 Å². The molecule has 2 heterocycles. The van der Waals surface area contributed by atoms with Crippen LogP contribution >= 0.6 is 0 Å². The van der Waals surface area contributed by atoms with Gasteiger partial charge in [-0.15, -0.1) is 0 Å². The molecule has 1 aromatic heterocycles. The van der Waals surface area contributed by atoms with E-state index < -0.39 is 10.0 Å². The van der Waals surface area contributed by atoms with Crippen LogP contribution in [0.2, 0.25) is 0 Å². The number of rotatable bonds is 7. The minimum Gasteiger partial charge on any atom is -0.355 e. The summed E-state index contributed by atoms with van der Waals surface area (Å²) in [5, 5.41) is 7.65. The Kier molecular flexibility index (Phi) is 7.44. The lowest BCUT2D eigenvalue weighted by atomic mass is 10.0. The van der Waals surface area contributed by atoms with E-state index in [1.165, 1.54) is 68.3 Å². The molecule has 1 aliphatic heterocycles. The molecule has 1 atom stereocenters. The SMILES string of the molecule is CN(C)S(=O)(=O)c1cccc(Nc2ccc3cnc(Nc4ccc5c(c4)CC[C@@H](N4CCCC4)CC5)nc3c2)c1. The maximum Gasteiger partial charge on any atom is 0.242 e. The Morgan fingerprint density at radius 3 is 2.38 bits per heavy atom. The molecule has 1 aliphatic carbocycles. The Bertz CT molecular complexity index is 1630. The number of anilines is 4. The van der Waals surface area contributed by atoms with Crippen molar-refractivity contribution in [3.8, 4) is 0 Å². The molecule has 8 nitrogen and oxygen atoms in total. The van der Waals surface area contributed by atoms with Crippen molar-refractivity contribution in [1.82, 2.24) is 19.2 Å². The zero-order chi connectivity index (χ0) is 27.7. The molecule has 2 N–H and O–H groups in total. The quantitative estimate of drug-likeness (QED) is 0.282. The van der Waals surface area contributed by atoms with Gasteiger partial charge in [0.2, 0.25) is 16.0 Å². The molecule has 0 bridgehead atoms. The fourth-order valence-electron chi connectivity index (χ4n) is 5.84. The molecule has 3 aromatic carbocycles. The van der Waals surface area contributed by atoms with E-state index in [0.29, 0.717) is 17.7 Å². The van der Waals surface area contributed by atoms with Gasteiger partial charge in [0.05, 0.1) is 10.4 Å². The third kappa shape index (κ3) is 5.68. The summed E-state index contributed by atoms with van der Waals surface area (Å²) < 4.78 is 26.3. The van der Waals surface area contributed by atoms with Crippen LogP contribution in [0.3, 0.4) is 0 Å². The van der Waals surface area contributed by atoms with Crippen molar-refractivity contribution in [2.45, 2.75) is 49.5 Å². The van der Waals surface area contributed by atoms with E-state index >= 15 is 0 Å². The van der Waals surface area contributed by atoms with Crippen molar-refractivity contribution in [1.29, 1.82) is 0 Å². The summed E-state index contributed by atoms with van der Waals surface area (Å²) in [4.78, 5) is 12.3. The zero-order valence-electron chi connectivity index (χ0n) is 23.1. The summed E-state index contributed by atoms with van der Waals surface area (Å²) in [5.74, 6) is 0.548. The molecule has 0 unspecified atom stereocenters. The van der Waals surface area contributed by atoms with Gasteiger partial charge in [-0.3, -0.25) is 0 Å². The van der Waals surface area contributed by atoms with Crippen molar-refractivity contribution in [3.05, 3.63) is 78.0 Å². The Labute approximate surface area is 236 Å². The van der Waals surface area contributed by atoms with E-state index in [1.807, 2.05) is 30.5 Å². The van der Waals surface area contributed by atoms with Crippen LogP contribution in [0.15, 0.2) is 71.8 Å². The lowest BCUT2D eigenvalue weighted by molar-refractivity contribution is 0.222. The van der Waals surface area contributed by atoms with E-state index in [0.717, 1.165) is 35.1 Å². The number of aryl methyl sites for hydroxylation is 2. The number of nitrogens with zero attached hydrogens (tertiary/aromatic N) is 4. The molecular formula is C31H36N6O2S. The molecule has 6 rings (SSSR count). The molecule has 40 heavy (non-hydrogen) atoms. The van der Waals surface area contributed by atoms with E-state index in [-0.39, 0.29) is 4.90 Å². The second kappa shape index (κ2) is 11.2. The van der Waals surface area contributed by atoms with Crippen LogP contribution in [0, 0.1) is 0 Å². The second-order valence-electron chi connectivity index (χ2n) is 11.0. The molecule has 4 aromatic rings. The number of benzene rings is 3. The third-order valence-corrected chi connectivity index (χ3v) is 9.91. The number of nitrogens with one attached hydrogen (secondary N) is 2. The van der Waals surface area contributed by atoms with E-state index in [9.17, 15) is 8.42 Å². The van der Waals surface area contributed by atoms with Crippen LogP contribution < -0.4 is 10.6 Å². The van der Waals surface area contributed by atoms with Gasteiger partial charge >= 0.3 is 0 Å². The first-order chi connectivity index (χ1) is 19.3. The van der Waals surface area contributed by atoms with Gasteiger partial charge in [0.1, 0.15) is 0 Å². The topological polar surface area (TPSA) is 90.5 Å². The maximum absolute atomic E-state index is 12.5. The third-order valence-electron chi connectivity index (χ3n) is 8.10. The van der Waals surface area contributed by atoms with Crippen molar-refractivity contribution >= 4 is 43.9 Å². The van der Waals surface area contributed by atoms with Gasteiger partial charge < -0.3 is 15.5 Å². The Morgan fingerprint density at radius 2 is 1.57 bits per heavy atom. The molecule has 9 heteroatoms. The number of aromatic nitrogens is 2. The molecule has 0 radical (unpaired) electrons. The van der Waals surface area contributed by atoms with Crippen molar-refractivity contribution in [2.75, 3.05) is 37.8 Å². The highest BCUT2D eigenvalue weighted by Crippen LogP contribution is 2.29. The minimum atomic E-state index is -3.51. The highest BCUT2D eigenvalue weighted by molar-refractivity contribution is 7.89. The van der Waals surface area contributed by atoms with Crippen LogP contribution in [-0.2, 0) is 22.9 Å². The first-order valence-corrected chi connectivity index (χ1v) is 15.5. The van der Waals surface area contributed by atoms with Crippen molar-refractivity contribution in [3.63, 3.8) is 0 Å². The average molecular weight is 557 g/mol. The zero-order valence-corrected chi connectivity index (χ0v) is 23.9. The van der Waals surface area contributed by atoms with Gasteiger partial charge in [0.15, 0.2) is 0 Å². The fourth-order valence-corrected chi connectivity index (χ4v) is 6.79. The van der Waals surface area contributed by atoms with Crippen molar-refractivity contribution in [2.24, 2.45) is 0 Å². The number of hydrogen-bond donors (Lipinski definition) is 2. The van der Waals surface area contributed by atoms with Gasteiger partial charge in [0, 0.05) is 48.8 Å². The van der Waals surface area contributed by atoms with Gasteiger partial charge in [-0.25, -0.2) is 22.7 Å². The molecule has 0 spiro atoms. The van der Waals surface area contributed by atoms with Gasteiger partial charge in [0.25, 0.3) is 0 Å². The van der Waals surface area contributed by atoms with Gasteiger partial charge in [-0.2, -0.15) is 0 Å². The standard InChI is InChI=1S/C31H36N6O2S/c1-36(2)40(38,39)29-7-5-6-25(19-29)33-27-13-9-24-21-32-31(35-30(24)20-27)34-26-12-8-22-10-14-28(15-11-23(22)18-26)37-16-3-4-17-37/h5-9,12-13,18-21,28,33H,3-4,10-11,14-17H2,1-2H3,(H,32,34,35)/t28-/m0/s1. The normalized spacial score (nSPS) is 18.0. The lowest BCUT2D eigenvalue weighted by Gasteiger charge is -2.25.